The molecular formula is C22H23N3O5S. The number of hydrogen-bond donors (Lipinski definition) is 1. The molecule has 0 aliphatic carbocycles. The lowest BCUT2D eigenvalue weighted by Gasteiger charge is -2.22. The Hall–Kier alpha value is -3.46. The van der Waals surface area contributed by atoms with Crippen LogP contribution >= 0.6 is 0 Å². The molecule has 0 aliphatic rings. The van der Waals surface area contributed by atoms with Crippen LogP contribution in [-0.2, 0) is 21.4 Å². The van der Waals surface area contributed by atoms with Gasteiger partial charge in [0.25, 0.3) is 5.69 Å². The molecule has 0 unspecified atom stereocenters. The van der Waals surface area contributed by atoms with E-state index in [2.05, 4.69) is 5.32 Å². The van der Waals surface area contributed by atoms with Crippen molar-refractivity contribution in [3.8, 4) is 0 Å². The van der Waals surface area contributed by atoms with Gasteiger partial charge in [0.05, 0.1) is 16.9 Å². The Bertz CT molecular complexity index is 1210. The van der Waals surface area contributed by atoms with Crippen molar-refractivity contribution in [2.24, 2.45) is 0 Å². The SMILES string of the molecule is CS(=O)(=O)N(CCCC(=O)NCc1cccc2ccccc12)c1cccc([N+](=O)[O-])c1. The second kappa shape index (κ2) is 9.57. The Morgan fingerprint density at radius 1 is 1.06 bits per heavy atom. The second-order valence-electron chi connectivity index (χ2n) is 7.13. The average Bonchev–Trinajstić information content (AvgIpc) is 2.74. The van der Waals surface area contributed by atoms with Crippen LogP contribution in [0.2, 0.25) is 0 Å². The molecule has 0 bridgehead atoms. The Labute approximate surface area is 180 Å². The number of fused-ring (bicyclic) bond motifs is 1. The molecule has 3 aromatic rings. The molecule has 9 heteroatoms. The van der Waals surface area contributed by atoms with E-state index in [1.165, 1.54) is 24.3 Å². The number of nitro benzene ring substituents is 1. The molecule has 0 atom stereocenters. The summed E-state index contributed by atoms with van der Waals surface area (Å²) in [6.45, 7) is 0.419. The summed E-state index contributed by atoms with van der Waals surface area (Å²) in [5, 5.41) is 16.0. The third-order valence-electron chi connectivity index (χ3n) is 4.85. The highest BCUT2D eigenvalue weighted by molar-refractivity contribution is 7.92. The lowest BCUT2D eigenvalue weighted by molar-refractivity contribution is -0.384. The number of nitro groups is 1. The van der Waals surface area contributed by atoms with Gasteiger partial charge in [0.15, 0.2) is 0 Å². The van der Waals surface area contributed by atoms with Gasteiger partial charge in [0, 0.05) is 31.6 Å². The van der Waals surface area contributed by atoms with Gasteiger partial charge in [0.2, 0.25) is 15.9 Å². The topological polar surface area (TPSA) is 110 Å². The van der Waals surface area contributed by atoms with Crippen LogP contribution in [0.5, 0.6) is 0 Å². The molecular weight excluding hydrogens is 418 g/mol. The number of carbonyl (C=O) groups excluding carboxylic acids is 1. The zero-order chi connectivity index (χ0) is 22.4. The number of nitrogens with zero attached hydrogens (tertiary/aromatic N) is 2. The number of sulfonamides is 1. The molecule has 0 fully saturated rings. The van der Waals surface area contributed by atoms with Crippen molar-refractivity contribution in [1.29, 1.82) is 0 Å². The average molecular weight is 442 g/mol. The van der Waals surface area contributed by atoms with Crippen molar-refractivity contribution in [1.82, 2.24) is 5.32 Å². The fourth-order valence-corrected chi connectivity index (χ4v) is 4.32. The molecule has 0 radical (unpaired) electrons. The first-order valence-corrected chi connectivity index (χ1v) is 11.6. The minimum absolute atomic E-state index is 0.0433. The van der Waals surface area contributed by atoms with Crippen molar-refractivity contribution in [3.05, 3.63) is 82.4 Å². The molecule has 0 aromatic heterocycles. The summed E-state index contributed by atoms with van der Waals surface area (Å²) >= 11 is 0. The van der Waals surface area contributed by atoms with E-state index in [0.29, 0.717) is 6.54 Å². The molecule has 0 aliphatic heterocycles. The number of amides is 1. The van der Waals surface area contributed by atoms with Crippen LogP contribution in [0.15, 0.2) is 66.7 Å². The highest BCUT2D eigenvalue weighted by Gasteiger charge is 2.19. The lowest BCUT2D eigenvalue weighted by atomic mass is 10.0. The van der Waals surface area contributed by atoms with E-state index in [-0.39, 0.29) is 36.7 Å². The maximum Gasteiger partial charge on any atom is 0.271 e. The standard InChI is InChI=1S/C22H23N3O5S/c1-31(29,30)24(19-10-5-11-20(15-19)25(27)28)14-6-13-22(26)23-16-18-9-4-8-17-7-2-3-12-21(17)18/h2-5,7-12,15H,6,13-14,16H2,1H3,(H,23,26). The number of benzene rings is 3. The van der Waals surface area contributed by atoms with Crippen LogP contribution in [0.1, 0.15) is 18.4 Å². The summed E-state index contributed by atoms with van der Waals surface area (Å²) in [4.78, 5) is 22.7. The van der Waals surface area contributed by atoms with Gasteiger partial charge >= 0.3 is 0 Å². The van der Waals surface area contributed by atoms with E-state index >= 15 is 0 Å². The van der Waals surface area contributed by atoms with E-state index in [1.54, 1.807) is 0 Å². The maximum atomic E-state index is 12.3. The monoisotopic (exact) mass is 441 g/mol. The third-order valence-corrected chi connectivity index (χ3v) is 6.04. The Balaban J connectivity index is 1.60. The van der Waals surface area contributed by atoms with Crippen molar-refractivity contribution in [2.45, 2.75) is 19.4 Å². The zero-order valence-electron chi connectivity index (χ0n) is 17.0. The van der Waals surface area contributed by atoms with Crippen LogP contribution in [0.3, 0.4) is 0 Å². The predicted octanol–water partition coefficient (Wildman–Crippen LogP) is 3.61. The molecule has 0 saturated heterocycles. The van der Waals surface area contributed by atoms with Gasteiger partial charge in [-0.3, -0.25) is 19.2 Å². The second-order valence-corrected chi connectivity index (χ2v) is 9.04. The van der Waals surface area contributed by atoms with Gasteiger partial charge < -0.3 is 5.32 Å². The molecule has 0 saturated carbocycles. The molecule has 0 spiro atoms. The van der Waals surface area contributed by atoms with Gasteiger partial charge in [-0.2, -0.15) is 0 Å². The summed E-state index contributed by atoms with van der Waals surface area (Å²) in [5.41, 5.74) is 1.01. The minimum atomic E-state index is -3.66. The molecule has 31 heavy (non-hydrogen) atoms. The van der Waals surface area contributed by atoms with Gasteiger partial charge in [-0.25, -0.2) is 8.42 Å². The fourth-order valence-electron chi connectivity index (χ4n) is 3.36. The molecule has 1 N–H and O–H groups in total. The summed E-state index contributed by atoms with van der Waals surface area (Å²) in [6.07, 6.45) is 1.44. The molecule has 3 rings (SSSR count). The van der Waals surface area contributed by atoms with Crippen LogP contribution in [-0.4, -0.2) is 32.0 Å². The Morgan fingerprint density at radius 3 is 2.52 bits per heavy atom. The number of anilines is 1. The number of nitrogens with one attached hydrogen (secondary N) is 1. The van der Waals surface area contributed by atoms with E-state index in [9.17, 15) is 23.3 Å². The summed E-state index contributed by atoms with van der Waals surface area (Å²) in [7, 11) is -3.66. The van der Waals surface area contributed by atoms with Crippen LogP contribution in [0, 0.1) is 10.1 Å². The van der Waals surface area contributed by atoms with Crippen LogP contribution in [0.4, 0.5) is 11.4 Å². The molecule has 3 aromatic carbocycles. The molecule has 0 heterocycles. The quantitative estimate of drug-likeness (QED) is 0.403. The van der Waals surface area contributed by atoms with Gasteiger partial charge in [-0.05, 0) is 28.8 Å². The van der Waals surface area contributed by atoms with Gasteiger partial charge in [-0.15, -0.1) is 0 Å². The highest BCUT2D eigenvalue weighted by Crippen LogP contribution is 2.23. The minimum Gasteiger partial charge on any atom is -0.352 e. The van der Waals surface area contributed by atoms with Crippen molar-refractivity contribution in [2.75, 3.05) is 17.1 Å². The zero-order valence-corrected chi connectivity index (χ0v) is 17.8. The predicted molar refractivity (Wildman–Crippen MR) is 120 cm³/mol. The van der Waals surface area contributed by atoms with E-state index in [4.69, 9.17) is 0 Å². The first kappa shape index (κ1) is 22.2. The van der Waals surface area contributed by atoms with Gasteiger partial charge in [0.1, 0.15) is 0 Å². The first-order chi connectivity index (χ1) is 14.8. The largest absolute Gasteiger partial charge is 0.352 e. The number of hydrogen-bond acceptors (Lipinski definition) is 5. The van der Waals surface area contributed by atoms with E-state index in [1.807, 2.05) is 42.5 Å². The summed E-state index contributed by atoms with van der Waals surface area (Å²) in [6, 6.07) is 19.2. The fraction of sp³-hybridized carbons (Fsp3) is 0.227. The first-order valence-electron chi connectivity index (χ1n) is 9.71. The number of non-ortho nitro benzene ring substituents is 1. The van der Waals surface area contributed by atoms with Crippen molar-refractivity contribution < 1.29 is 18.1 Å². The summed E-state index contributed by atoms with van der Waals surface area (Å²) < 4.78 is 25.4. The Morgan fingerprint density at radius 2 is 1.77 bits per heavy atom. The van der Waals surface area contributed by atoms with Gasteiger partial charge in [-0.1, -0.05) is 48.5 Å². The van der Waals surface area contributed by atoms with E-state index < -0.39 is 14.9 Å². The molecule has 162 valence electrons. The highest BCUT2D eigenvalue weighted by atomic mass is 32.2. The van der Waals surface area contributed by atoms with Crippen LogP contribution < -0.4 is 9.62 Å². The molecule has 8 nitrogen and oxygen atoms in total. The maximum absolute atomic E-state index is 12.3. The number of rotatable bonds is 9. The summed E-state index contributed by atoms with van der Waals surface area (Å²) in [5.74, 6) is -0.194. The van der Waals surface area contributed by atoms with Crippen molar-refractivity contribution in [3.63, 3.8) is 0 Å². The third kappa shape index (κ3) is 5.79. The van der Waals surface area contributed by atoms with Crippen LogP contribution in [0.25, 0.3) is 10.8 Å². The smallest absolute Gasteiger partial charge is 0.271 e. The normalized spacial score (nSPS) is 11.3. The van der Waals surface area contributed by atoms with E-state index in [0.717, 1.165) is 26.9 Å². The lowest BCUT2D eigenvalue weighted by Crippen LogP contribution is -2.32. The molecule has 1 amide bonds. The Kier molecular flexibility index (Phi) is 6.86. The number of carbonyl (C=O) groups is 1. The van der Waals surface area contributed by atoms with Crippen molar-refractivity contribution >= 4 is 38.1 Å².